The Hall–Kier alpha value is -0.830. The summed E-state index contributed by atoms with van der Waals surface area (Å²) in [4.78, 5) is 15.2. The van der Waals surface area contributed by atoms with Crippen LogP contribution in [0.2, 0.25) is 10.0 Å². The van der Waals surface area contributed by atoms with E-state index in [0.717, 1.165) is 0 Å². The van der Waals surface area contributed by atoms with Crippen LogP contribution in [0.3, 0.4) is 0 Å². The van der Waals surface area contributed by atoms with Crippen molar-refractivity contribution in [2.24, 2.45) is 0 Å². The first-order chi connectivity index (χ1) is 11.1. The van der Waals surface area contributed by atoms with E-state index in [1.807, 2.05) is 0 Å². The van der Waals surface area contributed by atoms with Crippen LogP contribution in [0.25, 0.3) is 0 Å². The highest BCUT2D eigenvalue weighted by Crippen LogP contribution is 2.33. The number of halogens is 2. The van der Waals surface area contributed by atoms with Gasteiger partial charge >= 0.3 is 0 Å². The molecule has 1 saturated heterocycles. The number of aliphatic hydroxyl groups excluding tert-OH is 1. The van der Waals surface area contributed by atoms with Gasteiger partial charge in [0.05, 0.1) is 22.2 Å². The number of hydrogen-bond acceptors (Lipinski definition) is 5. The van der Waals surface area contributed by atoms with Gasteiger partial charge in [-0.2, -0.15) is 0 Å². The molecule has 1 aromatic rings. The molecule has 7 nitrogen and oxygen atoms in total. The molecule has 2 rings (SSSR count). The lowest BCUT2D eigenvalue weighted by molar-refractivity contribution is -0.274. The fourth-order valence-electron chi connectivity index (χ4n) is 2.85. The van der Waals surface area contributed by atoms with Gasteiger partial charge in [0.1, 0.15) is 17.4 Å². The van der Waals surface area contributed by atoms with Gasteiger partial charge < -0.3 is 30.0 Å². The molecule has 0 aliphatic carbocycles. The van der Waals surface area contributed by atoms with E-state index in [-0.39, 0.29) is 22.2 Å². The Morgan fingerprint density at radius 3 is 2.62 bits per heavy atom. The summed E-state index contributed by atoms with van der Waals surface area (Å²) in [6, 6.07) is -0.789. The van der Waals surface area contributed by atoms with Crippen LogP contribution in [0.4, 0.5) is 0 Å². The van der Waals surface area contributed by atoms with E-state index >= 15 is 0 Å². The third-order valence-corrected chi connectivity index (χ3v) is 5.41. The normalized spacial score (nSPS) is 31.8. The molecule has 1 aliphatic rings. The van der Waals surface area contributed by atoms with Gasteiger partial charge in [-0.3, -0.25) is 4.79 Å². The summed E-state index contributed by atoms with van der Waals surface area (Å²) in [5.41, 5.74) is -0.948. The smallest absolute Gasteiger partial charge is 0.269 e. The van der Waals surface area contributed by atoms with Gasteiger partial charge in [0.15, 0.2) is 6.29 Å². The number of aromatic nitrogens is 1. The van der Waals surface area contributed by atoms with Gasteiger partial charge in [-0.05, 0) is 20.8 Å². The Morgan fingerprint density at radius 2 is 2.12 bits per heavy atom. The van der Waals surface area contributed by atoms with Crippen LogP contribution < -0.4 is 5.32 Å². The second-order valence-electron chi connectivity index (χ2n) is 6.09. The van der Waals surface area contributed by atoms with Crippen LogP contribution in [0.5, 0.6) is 0 Å². The summed E-state index contributed by atoms with van der Waals surface area (Å²) in [6.45, 7) is 4.91. The van der Waals surface area contributed by atoms with Gasteiger partial charge in [-0.25, -0.2) is 0 Å². The number of rotatable bonds is 4. The third kappa shape index (κ3) is 3.42. The predicted octanol–water partition coefficient (Wildman–Crippen LogP) is 1.62. The largest absolute Gasteiger partial charge is 0.387 e. The molecule has 9 heteroatoms. The van der Waals surface area contributed by atoms with Crippen LogP contribution in [-0.2, 0) is 9.47 Å². The van der Waals surface area contributed by atoms with Gasteiger partial charge in [-0.1, -0.05) is 23.2 Å². The van der Waals surface area contributed by atoms with Crippen molar-refractivity contribution < 1.29 is 24.5 Å². The zero-order valence-electron chi connectivity index (χ0n) is 13.9. The minimum Gasteiger partial charge on any atom is -0.387 e. The van der Waals surface area contributed by atoms with Crippen molar-refractivity contribution in [2.75, 3.05) is 7.11 Å². The summed E-state index contributed by atoms with van der Waals surface area (Å²) in [5.74, 6) is -0.531. The number of aromatic amines is 1. The quantitative estimate of drug-likeness (QED) is 0.635. The minimum atomic E-state index is -1.62. The lowest BCUT2D eigenvalue weighted by Crippen LogP contribution is -2.65. The van der Waals surface area contributed by atoms with Crippen LogP contribution in [0, 0.1) is 6.92 Å². The van der Waals surface area contributed by atoms with E-state index in [0.29, 0.717) is 5.69 Å². The summed E-state index contributed by atoms with van der Waals surface area (Å²) in [6.07, 6.45) is -2.52. The molecule has 1 aromatic heterocycles. The number of carbonyl (C=O) groups is 1. The van der Waals surface area contributed by atoms with Crippen molar-refractivity contribution in [1.29, 1.82) is 0 Å². The van der Waals surface area contributed by atoms with E-state index in [1.54, 1.807) is 20.8 Å². The van der Waals surface area contributed by atoms with Crippen molar-refractivity contribution in [1.82, 2.24) is 10.3 Å². The van der Waals surface area contributed by atoms with Crippen LogP contribution >= 0.6 is 23.2 Å². The molecule has 3 unspecified atom stereocenters. The molecule has 1 fully saturated rings. The molecule has 4 N–H and O–H groups in total. The van der Waals surface area contributed by atoms with Crippen molar-refractivity contribution >= 4 is 29.1 Å². The number of nitrogens with one attached hydrogen (secondary N) is 2. The molecule has 0 bridgehead atoms. The highest BCUT2D eigenvalue weighted by Gasteiger charge is 2.50. The lowest BCUT2D eigenvalue weighted by Gasteiger charge is -2.46. The Morgan fingerprint density at radius 1 is 1.50 bits per heavy atom. The maximum absolute atomic E-state index is 12.4. The first kappa shape index (κ1) is 19.5. The number of amides is 1. The van der Waals surface area contributed by atoms with E-state index in [4.69, 9.17) is 32.7 Å². The molecule has 0 spiro atoms. The average molecular weight is 381 g/mol. The SMILES string of the molecule is COC1C[C@@](O)(C(C)NC(=O)c2[nH]c(C)c(Cl)c2Cl)[C@H](O)C(C)O1. The van der Waals surface area contributed by atoms with Gasteiger partial charge in [0.25, 0.3) is 5.91 Å². The maximum atomic E-state index is 12.4. The number of hydrogen-bond donors (Lipinski definition) is 4. The molecule has 2 heterocycles. The first-order valence-corrected chi connectivity index (χ1v) is 8.30. The summed E-state index contributed by atoms with van der Waals surface area (Å²) >= 11 is 12.0. The second-order valence-corrected chi connectivity index (χ2v) is 6.85. The molecular formula is C15H22Cl2N2O5. The van der Waals surface area contributed by atoms with E-state index in [2.05, 4.69) is 10.3 Å². The monoisotopic (exact) mass is 380 g/mol. The zero-order valence-corrected chi connectivity index (χ0v) is 15.4. The molecule has 1 amide bonds. The van der Waals surface area contributed by atoms with Crippen molar-refractivity contribution in [2.45, 2.75) is 57.3 Å². The third-order valence-electron chi connectivity index (χ3n) is 4.46. The molecular weight excluding hydrogens is 359 g/mol. The van der Waals surface area contributed by atoms with Gasteiger partial charge in [-0.15, -0.1) is 0 Å². The molecule has 0 aromatic carbocycles. The number of aliphatic hydroxyl groups is 2. The highest BCUT2D eigenvalue weighted by atomic mass is 35.5. The number of H-pyrrole nitrogens is 1. The summed E-state index contributed by atoms with van der Waals surface area (Å²) in [5, 5.41) is 24.3. The van der Waals surface area contributed by atoms with Gasteiger partial charge in [0, 0.05) is 19.2 Å². The Balaban J connectivity index is 2.19. The number of ether oxygens (including phenoxy) is 2. The van der Waals surface area contributed by atoms with E-state index < -0.39 is 36.0 Å². The average Bonchev–Trinajstić information content (AvgIpc) is 2.79. The number of methoxy groups -OCH3 is 1. The molecule has 0 radical (unpaired) electrons. The molecule has 0 saturated carbocycles. The fourth-order valence-corrected chi connectivity index (χ4v) is 3.27. The maximum Gasteiger partial charge on any atom is 0.269 e. The topological polar surface area (TPSA) is 104 Å². The van der Waals surface area contributed by atoms with E-state index in [9.17, 15) is 15.0 Å². The highest BCUT2D eigenvalue weighted by molar-refractivity contribution is 6.44. The minimum absolute atomic E-state index is 0.00863. The lowest BCUT2D eigenvalue weighted by atomic mass is 9.81. The molecule has 1 aliphatic heterocycles. The Kier molecular flexibility index (Phi) is 5.84. The van der Waals surface area contributed by atoms with Crippen molar-refractivity contribution in [3.63, 3.8) is 0 Å². The predicted molar refractivity (Wildman–Crippen MR) is 89.4 cm³/mol. The number of carbonyl (C=O) groups excluding carboxylic acids is 1. The number of aryl methyl sites for hydroxylation is 1. The van der Waals surface area contributed by atoms with Crippen LogP contribution in [0.1, 0.15) is 36.5 Å². The molecule has 24 heavy (non-hydrogen) atoms. The second kappa shape index (κ2) is 7.19. The van der Waals surface area contributed by atoms with Crippen LogP contribution in [-0.4, -0.2) is 58.4 Å². The zero-order chi connectivity index (χ0) is 18.2. The standard InChI is InChI=1S/C15H22Cl2N2O5/c1-6-10(16)11(17)12(18-6)14(21)19-8(3)15(22)5-9(23-4)24-7(2)13(15)20/h7-9,13,18,20,22H,5H2,1-4H3,(H,19,21)/t7?,8?,9?,13-,15-/m1/s1. The van der Waals surface area contributed by atoms with Crippen molar-refractivity contribution in [3.8, 4) is 0 Å². The van der Waals surface area contributed by atoms with Gasteiger partial charge in [0.2, 0.25) is 0 Å². The Labute approximate surface area is 150 Å². The van der Waals surface area contributed by atoms with E-state index in [1.165, 1.54) is 7.11 Å². The molecule has 5 atom stereocenters. The fraction of sp³-hybridized carbons (Fsp3) is 0.667. The first-order valence-electron chi connectivity index (χ1n) is 7.55. The van der Waals surface area contributed by atoms with Crippen molar-refractivity contribution in [3.05, 3.63) is 21.4 Å². The summed E-state index contributed by atoms with van der Waals surface area (Å²) in [7, 11) is 1.45. The van der Waals surface area contributed by atoms with Crippen LogP contribution in [0.15, 0.2) is 0 Å². The Bertz CT molecular complexity index is 623. The summed E-state index contributed by atoms with van der Waals surface area (Å²) < 4.78 is 10.6. The molecule has 136 valence electrons.